The molecule has 22 heavy (non-hydrogen) atoms. The van der Waals surface area contributed by atoms with Gasteiger partial charge in [-0.3, -0.25) is 4.79 Å². The van der Waals surface area contributed by atoms with Gasteiger partial charge >= 0.3 is 0 Å². The van der Waals surface area contributed by atoms with Gasteiger partial charge in [0.1, 0.15) is 5.75 Å². The standard InChI is InChI=1S/C18H15NO2.Na/c1-12-6-2-5-9-16(12)19-18(21)15-10-13-7-3-4-8-14(13)11-17(15)20;/h2-11,20H,1H3,(H,19,21);. The van der Waals surface area contributed by atoms with Crippen molar-refractivity contribution in [2.24, 2.45) is 0 Å². The molecule has 0 aliphatic heterocycles. The van der Waals surface area contributed by atoms with Crippen LogP contribution in [0.3, 0.4) is 0 Å². The molecule has 105 valence electrons. The number of para-hydroxylation sites is 1. The number of hydrogen-bond acceptors (Lipinski definition) is 2. The zero-order valence-electron chi connectivity index (χ0n) is 12.6. The molecule has 0 atom stereocenters. The van der Waals surface area contributed by atoms with Gasteiger partial charge in [0.2, 0.25) is 0 Å². The number of carbonyl (C=O) groups is 1. The second-order valence-corrected chi connectivity index (χ2v) is 4.99. The van der Waals surface area contributed by atoms with Crippen molar-refractivity contribution >= 4 is 51.9 Å². The summed E-state index contributed by atoms with van der Waals surface area (Å²) >= 11 is 0. The number of anilines is 1. The molecule has 3 aromatic carbocycles. The maximum Gasteiger partial charge on any atom is 0.259 e. The fourth-order valence-electron chi connectivity index (χ4n) is 2.31. The molecule has 0 bridgehead atoms. The summed E-state index contributed by atoms with van der Waals surface area (Å²) in [5.41, 5.74) is 2.00. The largest absolute Gasteiger partial charge is 0.507 e. The van der Waals surface area contributed by atoms with E-state index in [0.29, 0.717) is 0 Å². The third kappa shape index (κ3) is 3.33. The summed E-state index contributed by atoms with van der Waals surface area (Å²) in [6, 6.07) is 18.5. The van der Waals surface area contributed by atoms with Gasteiger partial charge in [-0.15, -0.1) is 0 Å². The minimum Gasteiger partial charge on any atom is -0.507 e. The van der Waals surface area contributed by atoms with Crippen molar-refractivity contribution < 1.29 is 9.90 Å². The second-order valence-electron chi connectivity index (χ2n) is 4.99. The van der Waals surface area contributed by atoms with Crippen LogP contribution < -0.4 is 5.32 Å². The molecule has 0 aliphatic carbocycles. The zero-order valence-corrected chi connectivity index (χ0v) is 14.6. The van der Waals surface area contributed by atoms with Crippen molar-refractivity contribution in [3.8, 4) is 5.75 Å². The monoisotopic (exact) mass is 300 g/mol. The van der Waals surface area contributed by atoms with Gasteiger partial charge in [-0.05, 0) is 41.5 Å². The Balaban J connectivity index is 0.00000176. The zero-order chi connectivity index (χ0) is 14.8. The third-order valence-corrected chi connectivity index (χ3v) is 3.50. The maximum atomic E-state index is 12.4. The molecule has 0 fully saturated rings. The van der Waals surface area contributed by atoms with Crippen molar-refractivity contribution in [1.82, 2.24) is 0 Å². The average Bonchev–Trinajstić information content (AvgIpc) is 2.49. The Kier molecular flexibility index (Phi) is 5.24. The van der Waals surface area contributed by atoms with Crippen LogP contribution in [0.4, 0.5) is 5.69 Å². The van der Waals surface area contributed by atoms with E-state index >= 15 is 0 Å². The molecule has 0 saturated carbocycles. The summed E-state index contributed by atoms with van der Waals surface area (Å²) in [5.74, 6) is -0.327. The average molecular weight is 300 g/mol. The van der Waals surface area contributed by atoms with Gasteiger partial charge in [0.25, 0.3) is 5.91 Å². The first-order valence-corrected chi connectivity index (χ1v) is 6.74. The smallest absolute Gasteiger partial charge is 0.259 e. The third-order valence-electron chi connectivity index (χ3n) is 3.50. The normalized spacial score (nSPS) is 10.0. The van der Waals surface area contributed by atoms with Crippen LogP contribution in [0.25, 0.3) is 10.8 Å². The van der Waals surface area contributed by atoms with Crippen LogP contribution in [0, 0.1) is 6.92 Å². The van der Waals surface area contributed by atoms with Gasteiger partial charge in [-0.2, -0.15) is 0 Å². The molecule has 3 nitrogen and oxygen atoms in total. The summed E-state index contributed by atoms with van der Waals surface area (Å²) in [5, 5.41) is 14.7. The Hall–Kier alpha value is -1.81. The number of aryl methyl sites for hydroxylation is 1. The van der Waals surface area contributed by atoms with Gasteiger partial charge in [0, 0.05) is 35.2 Å². The number of benzene rings is 3. The SMILES string of the molecule is Cc1ccccc1NC(=O)c1cc2ccccc2cc1O.[Na]. The topological polar surface area (TPSA) is 49.3 Å². The van der Waals surface area contributed by atoms with Gasteiger partial charge in [-0.1, -0.05) is 42.5 Å². The first kappa shape index (κ1) is 16.6. The van der Waals surface area contributed by atoms with Gasteiger partial charge in [0.05, 0.1) is 5.56 Å². The number of carbonyl (C=O) groups excluding carboxylic acids is 1. The van der Waals surface area contributed by atoms with Gasteiger partial charge in [-0.25, -0.2) is 0 Å². The van der Waals surface area contributed by atoms with E-state index in [9.17, 15) is 9.90 Å². The Bertz CT molecular complexity index is 830. The number of rotatable bonds is 2. The summed E-state index contributed by atoms with van der Waals surface area (Å²) in [7, 11) is 0. The number of aromatic hydroxyl groups is 1. The number of amides is 1. The summed E-state index contributed by atoms with van der Waals surface area (Å²) in [4.78, 5) is 12.4. The van der Waals surface area contributed by atoms with Crippen molar-refractivity contribution in [2.45, 2.75) is 6.92 Å². The maximum absolute atomic E-state index is 12.4. The first-order chi connectivity index (χ1) is 10.1. The molecule has 1 radical (unpaired) electrons. The van der Waals surface area contributed by atoms with Crippen molar-refractivity contribution in [3.05, 3.63) is 71.8 Å². The summed E-state index contributed by atoms with van der Waals surface area (Å²) < 4.78 is 0. The van der Waals surface area contributed by atoms with E-state index in [1.165, 1.54) is 0 Å². The Morgan fingerprint density at radius 1 is 0.955 bits per heavy atom. The number of phenolic OH excluding ortho intramolecular Hbond substituents is 1. The van der Waals surface area contributed by atoms with E-state index in [2.05, 4.69) is 5.32 Å². The summed E-state index contributed by atoms with van der Waals surface area (Å²) in [6.45, 7) is 1.93. The van der Waals surface area contributed by atoms with E-state index in [-0.39, 0.29) is 46.8 Å². The molecule has 0 saturated heterocycles. The molecule has 0 heterocycles. The van der Waals surface area contributed by atoms with Crippen LogP contribution in [0.1, 0.15) is 15.9 Å². The van der Waals surface area contributed by atoms with Gasteiger partial charge < -0.3 is 10.4 Å². The molecular formula is C18H15NNaO2. The molecule has 3 rings (SSSR count). The molecule has 0 spiro atoms. The molecule has 0 aliphatic rings. The van der Waals surface area contributed by atoms with Crippen molar-refractivity contribution in [1.29, 1.82) is 0 Å². The van der Waals surface area contributed by atoms with Crippen LogP contribution >= 0.6 is 0 Å². The van der Waals surface area contributed by atoms with Crippen LogP contribution in [-0.4, -0.2) is 40.6 Å². The van der Waals surface area contributed by atoms with E-state index in [1.54, 1.807) is 12.1 Å². The Morgan fingerprint density at radius 3 is 2.23 bits per heavy atom. The number of nitrogens with one attached hydrogen (secondary N) is 1. The molecule has 2 N–H and O–H groups in total. The van der Waals surface area contributed by atoms with Crippen molar-refractivity contribution in [2.75, 3.05) is 5.32 Å². The Morgan fingerprint density at radius 2 is 1.55 bits per heavy atom. The molecule has 0 unspecified atom stereocenters. The van der Waals surface area contributed by atoms with E-state index in [1.807, 2.05) is 55.5 Å². The number of hydrogen-bond donors (Lipinski definition) is 2. The quantitative estimate of drug-likeness (QED) is 0.709. The predicted molar refractivity (Wildman–Crippen MR) is 90.5 cm³/mol. The predicted octanol–water partition coefficient (Wildman–Crippen LogP) is 3.73. The molecular weight excluding hydrogens is 285 g/mol. The number of fused-ring (bicyclic) bond motifs is 1. The second kappa shape index (κ2) is 6.97. The summed E-state index contributed by atoms with van der Waals surface area (Å²) in [6.07, 6.45) is 0. The molecule has 4 heteroatoms. The Labute approximate surface area is 151 Å². The van der Waals surface area contributed by atoms with Crippen LogP contribution in [-0.2, 0) is 0 Å². The fraction of sp³-hybridized carbons (Fsp3) is 0.0556. The first-order valence-electron chi connectivity index (χ1n) is 6.74. The van der Waals surface area contributed by atoms with Crippen LogP contribution in [0.15, 0.2) is 60.7 Å². The molecule has 1 amide bonds. The van der Waals surface area contributed by atoms with Crippen molar-refractivity contribution in [3.63, 3.8) is 0 Å². The van der Waals surface area contributed by atoms with E-state index in [0.717, 1.165) is 22.0 Å². The minimum atomic E-state index is -0.312. The van der Waals surface area contributed by atoms with Gasteiger partial charge in [0.15, 0.2) is 0 Å². The fourth-order valence-corrected chi connectivity index (χ4v) is 2.31. The molecule has 3 aromatic rings. The molecule has 0 aromatic heterocycles. The van der Waals surface area contributed by atoms with Crippen LogP contribution in [0.5, 0.6) is 5.75 Å². The van der Waals surface area contributed by atoms with E-state index < -0.39 is 0 Å². The number of phenols is 1. The van der Waals surface area contributed by atoms with Crippen LogP contribution in [0.2, 0.25) is 0 Å². The minimum absolute atomic E-state index is 0. The van der Waals surface area contributed by atoms with E-state index in [4.69, 9.17) is 0 Å².